The van der Waals surface area contributed by atoms with Gasteiger partial charge in [0.2, 0.25) is 0 Å². The van der Waals surface area contributed by atoms with Crippen LogP contribution in [0.25, 0.3) is 0 Å². The van der Waals surface area contributed by atoms with E-state index in [0.29, 0.717) is 12.8 Å². The van der Waals surface area contributed by atoms with Gasteiger partial charge in [0.05, 0.1) is 12.0 Å². The predicted octanol–water partition coefficient (Wildman–Crippen LogP) is 3.32. The lowest BCUT2D eigenvalue weighted by atomic mass is 9.47. The molecule has 19 heteroatoms. The summed E-state index contributed by atoms with van der Waals surface area (Å²) in [5.41, 5.74) is -1.32. The third-order valence-corrected chi connectivity index (χ3v) is 8.63. The number of alkyl halides is 9. The average Bonchev–Trinajstić information content (AvgIpc) is 3.22. The quantitative estimate of drug-likeness (QED) is 0.251. The number of hydrogen-bond donors (Lipinski definition) is 1. The zero-order valence-electron chi connectivity index (χ0n) is 19.5. The molecule has 3 atom stereocenters. The van der Waals surface area contributed by atoms with Gasteiger partial charge in [-0.2, -0.15) is 47.9 Å². The molecule has 1 spiro atoms. The molecule has 1 heterocycles. The topological polar surface area (TPSA) is 125 Å². The average molecular weight is 608 g/mol. The maximum atomic E-state index is 13.5. The van der Waals surface area contributed by atoms with Gasteiger partial charge in [-0.25, -0.2) is 4.79 Å². The molecule has 0 aromatic carbocycles. The van der Waals surface area contributed by atoms with E-state index < -0.39 is 94.3 Å². The Kier molecular flexibility index (Phi) is 7.00. The largest absolute Gasteiger partial charge is 0.460 e. The minimum atomic E-state index is -6.73. The molecule has 4 aliphatic carbocycles. The van der Waals surface area contributed by atoms with Crippen molar-refractivity contribution in [1.29, 1.82) is 0 Å². The summed E-state index contributed by atoms with van der Waals surface area (Å²) < 4.78 is 167. The Bertz CT molecular complexity index is 1110. The Balaban J connectivity index is 1.40. The summed E-state index contributed by atoms with van der Waals surface area (Å²) in [4.78, 5) is 24.2. The summed E-state index contributed by atoms with van der Waals surface area (Å²) in [7, 11) is -5.85. The SMILES string of the molecule is O=C(OCC(F)(F)S(=O)(=O)O)C12CC3CC(C1)C1(OCC(COC(=O)C(F)(F)C(F)(F)C(F)(F)F)O1)C(C3)C2. The maximum absolute atomic E-state index is 13.5. The number of ether oxygens (including phenoxy) is 4. The second-order valence-corrected chi connectivity index (χ2v) is 11.9. The van der Waals surface area contributed by atoms with Crippen LogP contribution in [0.5, 0.6) is 0 Å². The third kappa shape index (κ3) is 4.75. The van der Waals surface area contributed by atoms with Crippen LogP contribution in [-0.4, -0.2) is 79.9 Å². The number of hydrogen-bond acceptors (Lipinski definition) is 8. The summed E-state index contributed by atoms with van der Waals surface area (Å²) in [5.74, 6) is -20.0. The van der Waals surface area contributed by atoms with E-state index in [1.54, 1.807) is 0 Å². The molecule has 1 aliphatic heterocycles. The van der Waals surface area contributed by atoms with Crippen molar-refractivity contribution in [2.75, 3.05) is 19.8 Å². The molecule has 5 aliphatic rings. The van der Waals surface area contributed by atoms with Crippen molar-refractivity contribution in [3.05, 3.63) is 0 Å². The summed E-state index contributed by atoms with van der Waals surface area (Å²) in [6.07, 6.45) is -7.14. The van der Waals surface area contributed by atoms with Gasteiger partial charge in [0.25, 0.3) is 0 Å². The molecule has 0 aromatic heterocycles. The fraction of sp³-hybridized carbons (Fsp3) is 0.900. The van der Waals surface area contributed by atoms with E-state index in [2.05, 4.69) is 9.47 Å². The van der Waals surface area contributed by atoms with Crippen LogP contribution in [-0.2, 0) is 38.7 Å². The van der Waals surface area contributed by atoms with Crippen LogP contribution in [0.3, 0.4) is 0 Å². The van der Waals surface area contributed by atoms with E-state index in [1.165, 1.54) is 0 Å². The van der Waals surface area contributed by atoms with Gasteiger partial charge in [-0.3, -0.25) is 9.35 Å². The molecule has 1 N–H and O–H groups in total. The fourth-order valence-corrected chi connectivity index (χ4v) is 6.39. The molecule has 3 unspecified atom stereocenters. The van der Waals surface area contributed by atoms with Crippen molar-refractivity contribution in [1.82, 2.24) is 0 Å². The highest BCUT2D eigenvalue weighted by Crippen LogP contribution is 2.66. The normalized spacial score (nSPS) is 34.9. The molecule has 9 nitrogen and oxygen atoms in total. The smallest absolute Gasteiger partial charge is 0.458 e. The van der Waals surface area contributed by atoms with Gasteiger partial charge >= 0.3 is 45.3 Å². The number of halogens is 9. The lowest BCUT2D eigenvalue weighted by molar-refractivity contribution is -0.348. The van der Waals surface area contributed by atoms with E-state index in [4.69, 9.17) is 14.0 Å². The van der Waals surface area contributed by atoms with E-state index >= 15 is 0 Å². The van der Waals surface area contributed by atoms with Crippen LogP contribution in [0.4, 0.5) is 39.5 Å². The highest BCUT2D eigenvalue weighted by molar-refractivity contribution is 7.86. The van der Waals surface area contributed by atoms with Gasteiger partial charge in [0.1, 0.15) is 12.7 Å². The molecule has 4 saturated carbocycles. The third-order valence-electron chi connectivity index (χ3n) is 7.76. The first-order valence-electron chi connectivity index (χ1n) is 11.4. The minimum absolute atomic E-state index is 0.0430. The molecule has 1 saturated heterocycles. The van der Waals surface area contributed by atoms with Crippen LogP contribution in [0.15, 0.2) is 0 Å². The van der Waals surface area contributed by atoms with Gasteiger partial charge < -0.3 is 18.9 Å². The first kappa shape index (κ1) is 30.1. The first-order valence-corrected chi connectivity index (χ1v) is 12.9. The number of rotatable bonds is 8. The zero-order chi connectivity index (χ0) is 29.4. The van der Waals surface area contributed by atoms with E-state index in [0.717, 1.165) is 0 Å². The Morgan fingerprint density at radius 1 is 0.923 bits per heavy atom. The highest BCUT2D eigenvalue weighted by atomic mass is 32.2. The number of carbonyl (C=O) groups excluding carboxylic acids is 2. The van der Waals surface area contributed by atoms with E-state index in [-0.39, 0.29) is 25.2 Å². The maximum Gasteiger partial charge on any atom is 0.460 e. The summed E-state index contributed by atoms with van der Waals surface area (Å²) in [5, 5.41) is -4.74. The van der Waals surface area contributed by atoms with Crippen LogP contribution in [0.2, 0.25) is 0 Å². The van der Waals surface area contributed by atoms with Gasteiger partial charge in [0, 0.05) is 11.8 Å². The van der Waals surface area contributed by atoms with Crippen molar-refractivity contribution >= 4 is 22.1 Å². The molecule has 5 fully saturated rings. The second-order valence-electron chi connectivity index (χ2n) is 10.3. The number of esters is 2. The molecular weight excluding hydrogens is 587 g/mol. The number of carbonyl (C=O) groups is 2. The molecule has 224 valence electrons. The lowest BCUT2D eigenvalue weighted by Crippen LogP contribution is -2.64. The summed E-state index contributed by atoms with van der Waals surface area (Å²) in [6.45, 7) is -3.49. The van der Waals surface area contributed by atoms with Crippen LogP contribution in [0, 0.1) is 23.2 Å². The Labute approximate surface area is 214 Å². The highest BCUT2D eigenvalue weighted by Gasteiger charge is 2.77. The van der Waals surface area contributed by atoms with Gasteiger partial charge in [-0.1, -0.05) is 0 Å². The lowest BCUT2D eigenvalue weighted by Gasteiger charge is -2.61. The Morgan fingerprint density at radius 2 is 1.49 bits per heavy atom. The van der Waals surface area contributed by atoms with Crippen molar-refractivity contribution in [3.8, 4) is 0 Å². The van der Waals surface area contributed by atoms with Gasteiger partial charge in [-0.05, 0) is 38.0 Å². The van der Waals surface area contributed by atoms with Gasteiger partial charge in [-0.15, -0.1) is 0 Å². The summed E-state index contributed by atoms with van der Waals surface area (Å²) in [6, 6.07) is 0. The molecular formula is C20H21F9O9S. The van der Waals surface area contributed by atoms with E-state index in [9.17, 15) is 57.5 Å². The summed E-state index contributed by atoms with van der Waals surface area (Å²) >= 11 is 0. The molecule has 0 amide bonds. The van der Waals surface area contributed by atoms with Crippen LogP contribution < -0.4 is 0 Å². The van der Waals surface area contributed by atoms with Crippen LogP contribution >= 0.6 is 0 Å². The zero-order valence-corrected chi connectivity index (χ0v) is 20.3. The van der Waals surface area contributed by atoms with Crippen LogP contribution in [0.1, 0.15) is 32.1 Å². The van der Waals surface area contributed by atoms with E-state index in [1.807, 2.05) is 0 Å². The van der Waals surface area contributed by atoms with Crippen molar-refractivity contribution in [2.24, 2.45) is 23.2 Å². The molecule has 39 heavy (non-hydrogen) atoms. The van der Waals surface area contributed by atoms with Gasteiger partial charge in [0.15, 0.2) is 12.4 Å². The monoisotopic (exact) mass is 608 g/mol. The molecule has 0 radical (unpaired) electrons. The van der Waals surface area contributed by atoms with Crippen molar-refractivity contribution < 1.29 is 81.0 Å². The fourth-order valence-electron chi connectivity index (χ4n) is 6.18. The van der Waals surface area contributed by atoms with Crippen molar-refractivity contribution in [3.63, 3.8) is 0 Å². The second kappa shape index (κ2) is 9.07. The predicted molar refractivity (Wildman–Crippen MR) is 104 cm³/mol. The Hall–Kier alpha value is -1.86. The standard InChI is InChI=1S/C20H21F9O9S/c21-16(22,39(32,33)34)8-36-13(30)15-3-9-1-10(4-15)17(11(2-9)5-15)37-7-12(38-17)6-35-14(31)18(23,24)19(25,26)20(27,28)29/h9-12H,1-8H2,(H,32,33,34). The Morgan fingerprint density at radius 3 is 2.00 bits per heavy atom. The minimum Gasteiger partial charge on any atom is -0.458 e. The molecule has 4 bridgehead atoms. The molecule has 0 aromatic rings. The molecule has 5 rings (SSSR count). The first-order chi connectivity index (χ1) is 17.6. The van der Waals surface area contributed by atoms with Crippen molar-refractivity contribution in [2.45, 2.75) is 67.3 Å².